The number of benzene rings is 1. The highest BCUT2D eigenvalue weighted by molar-refractivity contribution is 5.96. The van der Waals surface area contributed by atoms with Gasteiger partial charge in [0, 0.05) is 0 Å². The molecule has 1 rings (SSSR count). The van der Waals surface area contributed by atoms with Crippen LogP contribution in [0, 0.1) is 0 Å². The summed E-state index contributed by atoms with van der Waals surface area (Å²) in [5.41, 5.74) is 6.40. The van der Waals surface area contributed by atoms with Crippen LogP contribution in [0.3, 0.4) is 0 Å². The molecule has 0 aromatic heterocycles. The SMILES string of the molecule is CC(F)C(=O)Nc1ccccc1N. The van der Waals surface area contributed by atoms with Gasteiger partial charge in [0.15, 0.2) is 6.17 Å². The summed E-state index contributed by atoms with van der Waals surface area (Å²) in [6.45, 7) is 1.18. The number of alkyl halides is 1. The number of rotatable bonds is 2. The maximum atomic E-state index is 12.5. The number of hydrogen-bond donors (Lipinski definition) is 2. The Labute approximate surface area is 75.7 Å². The molecular formula is C9H11FN2O. The van der Waals surface area contributed by atoms with Gasteiger partial charge in [-0.05, 0) is 19.1 Å². The summed E-state index contributed by atoms with van der Waals surface area (Å²) in [6.07, 6.45) is -1.53. The lowest BCUT2D eigenvalue weighted by molar-refractivity contribution is -0.120. The van der Waals surface area contributed by atoms with Crippen molar-refractivity contribution in [2.75, 3.05) is 11.1 Å². The molecular weight excluding hydrogens is 171 g/mol. The summed E-state index contributed by atoms with van der Waals surface area (Å²) < 4.78 is 12.5. The summed E-state index contributed by atoms with van der Waals surface area (Å²) in [7, 11) is 0. The Morgan fingerprint density at radius 2 is 2.15 bits per heavy atom. The van der Waals surface area contributed by atoms with E-state index in [1.807, 2.05) is 0 Å². The number of nitrogens with one attached hydrogen (secondary N) is 1. The van der Waals surface area contributed by atoms with E-state index in [0.717, 1.165) is 0 Å². The van der Waals surface area contributed by atoms with Crippen LogP contribution in [0.4, 0.5) is 15.8 Å². The molecule has 1 amide bonds. The largest absolute Gasteiger partial charge is 0.397 e. The van der Waals surface area contributed by atoms with Crippen molar-refractivity contribution in [3.8, 4) is 0 Å². The molecule has 1 aromatic rings. The third-order valence-corrected chi connectivity index (χ3v) is 1.58. The molecule has 0 aliphatic heterocycles. The number of amides is 1. The maximum absolute atomic E-state index is 12.5. The molecule has 1 atom stereocenters. The zero-order chi connectivity index (χ0) is 9.84. The van der Waals surface area contributed by atoms with Gasteiger partial charge in [-0.3, -0.25) is 4.79 Å². The fourth-order valence-corrected chi connectivity index (χ4v) is 0.843. The van der Waals surface area contributed by atoms with E-state index >= 15 is 0 Å². The van der Waals surface area contributed by atoms with Gasteiger partial charge in [0.05, 0.1) is 11.4 Å². The average Bonchev–Trinajstić information content (AvgIpc) is 2.08. The van der Waals surface area contributed by atoms with E-state index in [1.165, 1.54) is 6.92 Å². The van der Waals surface area contributed by atoms with Crippen molar-refractivity contribution in [2.45, 2.75) is 13.1 Å². The van der Waals surface area contributed by atoms with Gasteiger partial charge >= 0.3 is 0 Å². The van der Waals surface area contributed by atoms with E-state index in [0.29, 0.717) is 11.4 Å². The first-order valence-corrected chi connectivity index (χ1v) is 3.90. The highest BCUT2D eigenvalue weighted by Gasteiger charge is 2.11. The molecule has 1 aromatic carbocycles. The standard InChI is InChI=1S/C9H11FN2O/c1-6(10)9(13)12-8-5-3-2-4-7(8)11/h2-6H,11H2,1H3,(H,12,13). The van der Waals surface area contributed by atoms with Crippen LogP contribution >= 0.6 is 0 Å². The molecule has 13 heavy (non-hydrogen) atoms. The number of para-hydroxylation sites is 2. The Kier molecular flexibility index (Phi) is 2.84. The Bertz CT molecular complexity index is 312. The number of anilines is 2. The van der Waals surface area contributed by atoms with Crippen LogP contribution in [0.1, 0.15) is 6.92 Å². The number of hydrogen-bond acceptors (Lipinski definition) is 2. The van der Waals surface area contributed by atoms with Gasteiger partial charge in [0.1, 0.15) is 0 Å². The van der Waals surface area contributed by atoms with Gasteiger partial charge in [0.2, 0.25) is 0 Å². The second-order valence-corrected chi connectivity index (χ2v) is 2.69. The van der Waals surface area contributed by atoms with E-state index in [2.05, 4.69) is 5.32 Å². The second-order valence-electron chi connectivity index (χ2n) is 2.69. The molecule has 0 saturated carbocycles. The third kappa shape index (κ3) is 2.43. The lowest BCUT2D eigenvalue weighted by Crippen LogP contribution is -2.21. The van der Waals surface area contributed by atoms with Crippen LogP contribution in [0.5, 0.6) is 0 Å². The van der Waals surface area contributed by atoms with Crippen LogP contribution in [0.25, 0.3) is 0 Å². The van der Waals surface area contributed by atoms with Crippen LogP contribution in [0.15, 0.2) is 24.3 Å². The van der Waals surface area contributed by atoms with Crippen LogP contribution in [0.2, 0.25) is 0 Å². The number of carbonyl (C=O) groups excluding carboxylic acids is 1. The molecule has 1 unspecified atom stereocenters. The van der Waals surface area contributed by atoms with Gasteiger partial charge in [-0.25, -0.2) is 4.39 Å². The van der Waals surface area contributed by atoms with E-state index in [9.17, 15) is 9.18 Å². The van der Waals surface area contributed by atoms with Crippen LogP contribution in [-0.4, -0.2) is 12.1 Å². The quantitative estimate of drug-likeness (QED) is 0.682. The topological polar surface area (TPSA) is 55.1 Å². The van der Waals surface area contributed by atoms with E-state index < -0.39 is 12.1 Å². The summed E-state index contributed by atoms with van der Waals surface area (Å²) in [4.78, 5) is 10.9. The Balaban J connectivity index is 2.75. The van der Waals surface area contributed by atoms with Crippen molar-refractivity contribution in [1.82, 2.24) is 0 Å². The van der Waals surface area contributed by atoms with Crippen LogP contribution in [-0.2, 0) is 4.79 Å². The van der Waals surface area contributed by atoms with Crippen LogP contribution < -0.4 is 11.1 Å². The normalized spacial score (nSPS) is 12.2. The van der Waals surface area contributed by atoms with E-state index in [-0.39, 0.29) is 0 Å². The first kappa shape index (κ1) is 9.51. The average molecular weight is 182 g/mol. The molecule has 0 saturated heterocycles. The zero-order valence-electron chi connectivity index (χ0n) is 7.25. The summed E-state index contributed by atoms with van der Waals surface area (Å²) in [5, 5.41) is 2.37. The molecule has 3 nitrogen and oxygen atoms in total. The minimum atomic E-state index is -1.53. The third-order valence-electron chi connectivity index (χ3n) is 1.58. The van der Waals surface area contributed by atoms with Gasteiger partial charge in [-0.1, -0.05) is 12.1 Å². The van der Waals surface area contributed by atoms with E-state index in [4.69, 9.17) is 5.73 Å². The lowest BCUT2D eigenvalue weighted by atomic mass is 10.2. The molecule has 0 radical (unpaired) electrons. The Hall–Kier alpha value is -1.58. The molecule has 0 aliphatic rings. The van der Waals surface area contributed by atoms with Crippen molar-refractivity contribution in [3.63, 3.8) is 0 Å². The Morgan fingerprint density at radius 1 is 1.54 bits per heavy atom. The first-order valence-electron chi connectivity index (χ1n) is 3.90. The molecule has 0 bridgehead atoms. The molecule has 0 heterocycles. The fraction of sp³-hybridized carbons (Fsp3) is 0.222. The summed E-state index contributed by atoms with van der Waals surface area (Å²) in [5.74, 6) is -0.682. The number of halogens is 1. The molecule has 4 heteroatoms. The Morgan fingerprint density at radius 3 is 2.69 bits per heavy atom. The van der Waals surface area contributed by atoms with Crippen molar-refractivity contribution >= 4 is 17.3 Å². The minimum Gasteiger partial charge on any atom is -0.397 e. The number of carbonyl (C=O) groups is 1. The molecule has 0 fully saturated rings. The molecule has 0 spiro atoms. The van der Waals surface area contributed by atoms with Gasteiger partial charge in [0.25, 0.3) is 5.91 Å². The molecule has 3 N–H and O–H groups in total. The number of nitrogen functional groups attached to an aromatic ring is 1. The number of nitrogens with two attached hydrogens (primary N) is 1. The minimum absolute atomic E-state index is 0.427. The summed E-state index contributed by atoms with van der Waals surface area (Å²) >= 11 is 0. The predicted molar refractivity (Wildman–Crippen MR) is 50.1 cm³/mol. The highest BCUT2D eigenvalue weighted by Crippen LogP contribution is 2.16. The van der Waals surface area contributed by atoms with Gasteiger partial charge in [-0.2, -0.15) is 0 Å². The smallest absolute Gasteiger partial charge is 0.258 e. The van der Waals surface area contributed by atoms with E-state index in [1.54, 1.807) is 24.3 Å². The van der Waals surface area contributed by atoms with Gasteiger partial charge < -0.3 is 11.1 Å². The fourth-order valence-electron chi connectivity index (χ4n) is 0.843. The van der Waals surface area contributed by atoms with Crippen molar-refractivity contribution in [3.05, 3.63) is 24.3 Å². The predicted octanol–water partition coefficient (Wildman–Crippen LogP) is 1.57. The van der Waals surface area contributed by atoms with Crippen molar-refractivity contribution in [2.24, 2.45) is 0 Å². The lowest BCUT2D eigenvalue weighted by Gasteiger charge is -2.07. The molecule has 70 valence electrons. The second kappa shape index (κ2) is 3.89. The first-order chi connectivity index (χ1) is 6.11. The monoisotopic (exact) mass is 182 g/mol. The highest BCUT2D eigenvalue weighted by atomic mass is 19.1. The van der Waals surface area contributed by atoms with Gasteiger partial charge in [-0.15, -0.1) is 0 Å². The van der Waals surface area contributed by atoms with Crippen molar-refractivity contribution in [1.29, 1.82) is 0 Å². The molecule has 0 aliphatic carbocycles. The van der Waals surface area contributed by atoms with Crippen molar-refractivity contribution < 1.29 is 9.18 Å². The maximum Gasteiger partial charge on any atom is 0.258 e. The summed E-state index contributed by atoms with van der Waals surface area (Å²) in [6, 6.07) is 6.72. The zero-order valence-corrected chi connectivity index (χ0v) is 7.25.